The number of nitrogens with one attached hydrogen (secondary N) is 3. The van der Waals surface area contributed by atoms with Gasteiger partial charge in [-0.1, -0.05) is 31.5 Å². The van der Waals surface area contributed by atoms with Gasteiger partial charge in [0.15, 0.2) is 0 Å². The number of hydrogen-bond donors (Lipinski definition) is 4. The predicted octanol–water partition coefficient (Wildman–Crippen LogP) is -0.285. The number of nitrogens with two attached hydrogens (primary N) is 1. The van der Waals surface area contributed by atoms with Crippen molar-refractivity contribution in [2.45, 2.75) is 38.3 Å². The second-order valence-corrected chi connectivity index (χ2v) is 9.53. The number of likely N-dealkylation sites (N-methyl/N-ethyl adjacent to an activating group) is 1. The first-order valence-electron chi connectivity index (χ1n) is 12.7. The molecule has 13 nitrogen and oxygen atoms in total. The molecule has 1 aliphatic rings. The number of Topliss-reactive ketones (excluding diaryl/α,β-unsaturated/α-hetero) is 1. The molecule has 1 aromatic rings. The fraction of sp³-hybridized carbons (Fsp3) is 0.538. The molecule has 0 aromatic heterocycles. The molecule has 39 heavy (non-hydrogen) atoms. The quantitative estimate of drug-likeness (QED) is 0.245. The number of primary amides is 1. The van der Waals surface area contributed by atoms with Gasteiger partial charge in [-0.3, -0.25) is 24.0 Å². The molecule has 6 amide bonds. The van der Waals surface area contributed by atoms with Crippen molar-refractivity contribution in [1.29, 1.82) is 0 Å². The van der Waals surface area contributed by atoms with Crippen LogP contribution in [0.4, 0.5) is 10.5 Å². The second kappa shape index (κ2) is 14.8. The molecule has 0 aliphatic carbocycles. The van der Waals surface area contributed by atoms with Crippen molar-refractivity contribution in [2.24, 2.45) is 17.6 Å². The second-order valence-electron chi connectivity index (χ2n) is 9.53. The van der Waals surface area contributed by atoms with E-state index in [2.05, 4.69) is 16.0 Å². The number of carbonyl (C=O) groups excluding carboxylic acids is 6. The molecule has 1 heterocycles. The number of nitrogens with zero attached hydrogens (tertiary/aromatic N) is 2. The molecular weight excluding hydrogens is 508 g/mol. The largest absolute Gasteiger partial charge is 0.382 e. The van der Waals surface area contributed by atoms with Gasteiger partial charge < -0.3 is 36.2 Å². The summed E-state index contributed by atoms with van der Waals surface area (Å²) in [6, 6.07) is 6.28. The number of ether oxygens (including phenoxy) is 1. The zero-order chi connectivity index (χ0) is 29.1. The lowest BCUT2D eigenvalue weighted by Gasteiger charge is -2.33. The van der Waals surface area contributed by atoms with E-state index in [4.69, 9.17) is 10.5 Å². The number of benzene rings is 1. The first-order chi connectivity index (χ1) is 18.5. The van der Waals surface area contributed by atoms with Crippen molar-refractivity contribution in [3.8, 4) is 0 Å². The van der Waals surface area contributed by atoms with E-state index in [9.17, 15) is 28.8 Å². The summed E-state index contributed by atoms with van der Waals surface area (Å²) in [5, 5.41) is 7.51. The number of ketones is 1. The maximum atomic E-state index is 13.3. The standard InChI is InChI=1S/C26H38N6O7/c1-5-9-17(22(34)24(36)28-14-20(33)30-19(15-39-4)25(37)31(2)3)21-18(23(27)35)12-13-32(21)26(38)29-16-10-7-6-8-11-16/h6-8,10-11,17-19,21H,5,9,12-15H2,1-4H3,(H2,27,35)(H,28,36)(H,29,38)(H,30,33)/t17-,18?,19-,21?/m0/s1. The van der Waals surface area contributed by atoms with E-state index in [1.807, 2.05) is 6.92 Å². The number of amides is 6. The van der Waals surface area contributed by atoms with Gasteiger partial charge in [-0.25, -0.2) is 4.79 Å². The Balaban J connectivity index is 2.15. The Morgan fingerprint density at radius 3 is 2.36 bits per heavy atom. The number of hydrogen-bond acceptors (Lipinski definition) is 7. The zero-order valence-electron chi connectivity index (χ0n) is 22.8. The van der Waals surface area contributed by atoms with Gasteiger partial charge in [0.05, 0.1) is 25.1 Å². The summed E-state index contributed by atoms with van der Waals surface area (Å²) in [7, 11) is 4.43. The Bertz CT molecular complexity index is 1050. The molecule has 5 N–H and O–H groups in total. The van der Waals surface area contributed by atoms with Gasteiger partial charge in [0.1, 0.15) is 6.04 Å². The maximum Gasteiger partial charge on any atom is 0.322 e. The van der Waals surface area contributed by atoms with E-state index < -0.39 is 65.9 Å². The van der Waals surface area contributed by atoms with Crippen molar-refractivity contribution in [2.75, 3.05) is 46.2 Å². The highest BCUT2D eigenvalue weighted by atomic mass is 16.5. The SMILES string of the molecule is CCC[C@H](C(=O)C(=O)NCC(=O)N[C@@H](COC)C(=O)N(C)C)C1C(C(N)=O)CCN1C(=O)Nc1ccccc1. The summed E-state index contributed by atoms with van der Waals surface area (Å²) < 4.78 is 4.97. The Morgan fingerprint density at radius 1 is 1.13 bits per heavy atom. The third kappa shape index (κ3) is 8.50. The zero-order valence-corrected chi connectivity index (χ0v) is 22.8. The van der Waals surface area contributed by atoms with E-state index in [1.165, 1.54) is 31.0 Å². The van der Waals surface area contributed by atoms with Crippen LogP contribution in [-0.4, -0.2) is 98.2 Å². The van der Waals surface area contributed by atoms with E-state index in [-0.39, 0.29) is 26.0 Å². The first-order valence-corrected chi connectivity index (χ1v) is 12.7. The molecule has 1 fully saturated rings. The van der Waals surface area contributed by atoms with E-state index >= 15 is 0 Å². The van der Waals surface area contributed by atoms with E-state index in [1.54, 1.807) is 30.3 Å². The molecule has 4 atom stereocenters. The highest BCUT2D eigenvalue weighted by Crippen LogP contribution is 2.33. The van der Waals surface area contributed by atoms with Crippen LogP contribution in [0.15, 0.2) is 30.3 Å². The third-order valence-electron chi connectivity index (χ3n) is 6.49. The van der Waals surface area contributed by atoms with Crippen LogP contribution in [0.3, 0.4) is 0 Å². The number of para-hydroxylation sites is 1. The molecule has 0 bridgehead atoms. The van der Waals surface area contributed by atoms with E-state index in [0.717, 1.165) is 0 Å². The number of rotatable bonds is 13. The van der Waals surface area contributed by atoms with Crippen LogP contribution in [0.25, 0.3) is 0 Å². The monoisotopic (exact) mass is 546 g/mol. The van der Waals surface area contributed by atoms with Crippen molar-refractivity contribution in [3.63, 3.8) is 0 Å². The van der Waals surface area contributed by atoms with Gasteiger partial charge in [-0.15, -0.1) is 0 Å². The lowest BCUT2D eigenvalue weighted by Crippen LogP contribution is -2.53. The van der Waals surface area contributed by atoms with Crippen LogP contribution in [0, 0.1) is 11.8 Å². The highest BCUT2D eigenvalue weighted by molar-refractivity contribution is 6.37. The number of anilines is 1. The van der Waals surface area contributed by atoms with Crippen LogP contribution in [0.1, 0.15) is 26.2 Å². The first kappa shape index (κ1) is 31.2. The fourth-order valence-electron chi connectivity index (χ4n) is 4.66. The van der Waals surface area contributed by atoms with Crippen molar-refractivity contribution < 1.29 is 33.5 Å². The molecule has 214 valence electrons. The Hall–Kier alpha value is -4.00. The molecular formula is C26H38N6O7. The number of likely N-dealkylation sites (tertiary alicyclic amines) is 1. The summed E-state index contributed by atoms with van der Waals surface area (Å²) in [6.07, 6.45) is 0.960. The van der Waals surface area contributed by atoms with Gasteiger partial charge >= 0.3 is 6.03 Å². The summed E-state index contributed by atoms with van der Waals surface area (Å²) in [6.45, 7) is 1.35. The number of carbonyl (C=O) groups is 6. The molecule has 1 aliphatic heterocycles. The lowest BCUT2D eigenvalue weighted by molar-refractivity contribution is -0.142. The number of urea groups is 1. The smallest absolute Gasteiger partial charge is 0.322 e. The van der Waals surface area contributed by atoms with Crippen LogP contribution in [-0.2, 0) is 28.7 Å². The Kier molecular flexibility index (Phi) is 11.9. The van der Waals surface area contributed by atoms with Crippen LogP contribution >= 0.6 is 0 Å². The molecule has 2 rings (SSSR count). The average Bonchev–Trinajstić information content (AvgIpc) is 3.35. The minimum atomic E-state index is -1.04. The molecule has 0 saturated carbocycles. The molecule has 0 spiro atoms. The van der Waals surface area contributed by atoms with Gasteiger partial charge in [0.2, 0.25) is 23.5 Å². The summed E-state index contributed by atoms with van der Waals surface area (Å²) in [5.74, 6) is -5.50. The fourth-order valence-corrected chi connectivity index (χ4v) is 4.66. The molecule has 1 aromatic carbocycles. The lowest BCUT2D eigenvalue weighted by atomic mass is 9.82. The molecule has 2 unspecified atom stereocenters. The minimum Gasteiger partial charge on any atom is -0.382 e. The minimum absolute atomic E-state index is 0.0781. The van der Waals surface area contributed by atoms with Gasteiger partial charge in [-0.05, 0) is 25.0 Å². The number of methoxy groups -OCH3 is 1. The van der Waals surface area contributed by atoms with E-state index in [0.29, 0.717) is 12.1 Å². The van der Waals surface area contributed by atoms with Gasteiger partial charge in [0.25, 0.3) is 5.91 Å². The van der Waals surface area contributed by atoms with Crippen molar-refractivity contribution in [1.82, 2.24) is 20.4 Å². The van der Waals surface area contributed by atoms with Gasteiger partial charge in [0, 0.05) is 39.4 Å². The normalized spacial score (nSPS) is 18.0. The summed E-state index contributed by atoms with van der Waals surface area (Å²) >= 11 is 0. The predicted molar refractivity (Wildman–Crippen MR) is 142 cm³/mol. The maximum absolute atomic E-state index is 13.3. The Labute approximate surface area is 227 Å². The average molecular weight is 547 g/mol. The molecule has 0 radical (unpaired) electrons. The highest BCUT2D eigenvalue weighted by Gasteiger charge is 2.47. The van der Waals surface area contributed by atoms with Crippen molar-refractivity contribution in [3.05, 3.63) is 30.3 Å². The Morgan fingerprint density at radius 2 is 1.79 bits per heavy atom. The van der Waals surface area contributed by atoms with Gasteiger partial charge in [-0.2, -0.15) is 0 Å². The molecule has 13 heteroatoms. The third-order valence-corrected chi connectivity index (χ3v) is 6.49. The summed E-state index contributed by atoms with van der Waals surface area (Å²) in [4.78, 5) is 78.9. The van der Waals surface area contributed by atoms with Crippen LogP contribution < -0.4 is 21.7 Å². The van der Waals surface area contributed by atoms with Crippen LogP contribution in [0.2, 0.25) is 0 Å². The topological polar surface area (TPSA) is 180 Å². The molecule has 1 saturated heterocycles. The van der Waals surface area contributed by atoms with Crippen molar-refractivity contribution >= 4 is 41.1 Å². The van der Waals surface area contributed by atoms with Crippen LogP contribution in [0.5, 0.6) is 0 Å². The summed E-state index contributed by atoms with van der Waals surface area (Å²) in [5.41, 5.74) is 6.16.